The summed E-state index contributed by atoms with van der Waals surface area (Å²) in [5.41, 5.74) is -0.0226. The van der Waals surface area contributed by atoms with Gasteiger partial charge in [0.05, 0.1) is 11.5 Å². The summed E-state index contributed by atoms with van der Waals surface area (Å²) in [4.78, 5) is 16.9. The minimum atomic E-state index is -3.65. The van der Waals surface area contributed by atoms with E-state index in [2.05, 4.69) is 0 Å². The Morgan fingerprint density at radius 2 is 1.60 bits per heavy atom. The number of piperidine rings is 1. The van der Waals surface area contributed by atoms with Crippen molar-refractivity contribution in [3.05, 3.63) is 60.7 Å². The van der Waals surface area contributed by atoms with Crippen molar-refractivity contribution in [1.29, 1.82) is 0 Å². The summed E-state index contributed by atoms with van der Waals surface area (Å²) in [6.07, 6.45) is 0.911. The number of carbonyl (C=O) groups is 1. The van der Waals surface area contributed by atoms with Crippen molar-refractivity contribution >= 4 is 21.7 Å². The van der Waals surface area contributed by atoms with E-state index in [1.165, 1.54) is 4.31 Å². The summed E-state index contributed by atoms with van der Waals surface area (Å²) in [6.45, 7) is 4.10. The van der Waals surface area contributed by atoms with Crippen LogP contribution in [0.3, 0.4) is 0 Å². The van der Waals surface area contributed by atoms with Gasteiger partial charge in [-0.2, -0.15) is 4.31 Å². The lowest BCUT2D eigenvalue weighted by Crippen LogP contribution is -2.57. The van der Waals surface area contributed by atoms with E-state index in [9.17, 15) is 13.2 Å². The molecule has 0 unspecified atom stereocenters. The Kier molecular flexibility index (Phi) is 5.81. The first-order chi connectivity index (χ1) is 14.5. The minimum Gasteiger partial charge on any atom is -0.358 e. The highest BCUT2D eigenvalue weighted by molar-refractivity contribution is 7.89. The van der Waals surface area contributed by atoms with Gasteiger partial charge in [0.25, 0.3) is 0 Å². The molecule has 0 atom stereocenters. The van der Waals surface area contributed by atoms with Gasteiger partial charge in [-0.15, -0.1) is 0 Å². The molecule has 2 saturated heterocycles. The fraction of sp³-hybridized carbons (Fsp3) is 0.409. The van der Waals surface area contributed by atoms with Gasteiger partial charge in [-0.1, -0.05) is 36.4 Å². The highest BCUT2D eigenvalue weighted by Crippen LogP contribution is 2.38. The van der Waals surface area contributed by atoms with Crippen molar-refractivity contribution in [3.8, 4) is 0 Å². The van der Waals surface area contributed by atoms with E-state index in [0.717, 1.165) is 5.69 Å². The van der Waals surface area contributed by atoms with E-state index in [0.29, 0.717) is 45.6 Å². The van der Waals surface area contributed by atoms with Crippen molar-refractivity contribution in [2.75, 3.05) is 37.7 Å². The van der Waals surface area contributed by atoms with Crippen LogP contribution in [0.4, 0.5) is 10.5 Å². The van der Waals surface area contributed by atoms with Gasteiger partial charge in [0, 0.05) is 44.7 Å². The highest BCUT2D eigenvalue weighted by atomic mass is 32.2. The topological polar surface area (TPSA) is 70.2 Å². The molecule has 2 aromatic carbocycles. The number of para-hydroxylation sites is 1. The average molecular weight is 430 g/mol. The number of urea groups is 1. The fourth-order valence-corrected chi connectivity index (χ4v) is 6.05. The van der Waals surface area contributed by atoms with Crippen molar-refractivity contribution in [2.24, 2.45) is 0 Å². The second-order valence-electron chi connectivity index (χ2n) is 7.53. The number of rotatable bonds is 4. The van der Waals surface area contributed by atoms with E-state index in [1.54, 1.807) is 40.1 Å². The number of anilines is 1. The molecule has 2 aliphatic heterocycles. The second-order valence-corrected chi connectivity index (χ2v) is 9.40. The molecule has 0 aliphatic carbocycles. The smallest absolute Gasteiger partial charge is 0.324 e. The number of hydrogen-bond donors (Lipinski definition) is 0. The number of sulfonamides is 1. The van der Waals surface area contributed by atoms with Gasteiger partial charge in [0.1, 0.15) is 5.72 Å². The van der Waals surface area contributed by atoms with Crippen molar-refractivity contribution in [2.45, 2.75) is 30.4 Å². The Labute approximate surface area is 177 Å². The first-order valence-corrected chi connectivity index (χ1v) is 11.8. The van der Waals surface area contributed by atoms with Crippen LogP contribution in [0.1, 0.15) is 19.8 Å². The number of amides is 2. The molecule has 2 aromatic rings. The molecule has 2 amide bonds. The Bertz CT molecular complexity index is 974. The van der Waals surface area contributed by atoms with Gasteiger partial charge in [0.15, 0.2) is 0 Å². The van der Waals surface area contributed by atoms with Crippen LogP contribution in [0.2, 0.25) is 0 Å². The molecule has 0 saturated carbocycles. The third-order valence-electron chi connectivity index (χ3n) is 5.88. The van der Waals surface area contributed by atoms with Crippen molar-refractivity contribution in [1.82, 2.24) is 9.21 Å². The normalized spacial score (nSPS) is 19.2. The summed E-state index contributed by atoms with van der Waals surface area (Å²) in [6, 6.07) is 18.0. The van der Waals surface area contributed by atoms with Crippen molar-refractivity contribution < 1.29 is 17.9 Å². The van der Waals surface area contributed by atoms with E-state index in [4.69, 9.17) is 4.74 Å². The molecular weight excluding hydrogens is 402 g/mol. The molecule has 0 radical (unpaired) electrons. The van der Waals surface area contributed by atoms with E-state index in [-0.39, 0.29) is 10.9 Å². The zero-order chi connectivity index (χ0) is 21.2. The number of benzene rings is 2. The minimum absolute atomic E-state index is 0.0611. The average Bonchev–Trinajstić information content (AvgIpc) is 3.20. The standard InChI is InChI=1S/C22H27N3O4S/c1-2-24(19-9-5-3-6-10-19)21(26)23-15-13-22(14-16-23)25(17-18-29-22)30(27,28)20-11-7-4-8-12-20/h3-12H,2,13-18H2,1H3. The molecule has 2 aliphatic rings. The van der Waals surface area contributed by atoms with Crippen LogP contribution in [-0.4, -0.2) is 62.2 Å². The molecule has 4 rings (SSSR count). The van der Waals surface area contributed by atoms with E-state index < -0.39 is 15.7 Å². The highest BCUT2D eigenvalue weighted by Gasteiger charge is 2.51. The lowest BCUT2D eigenvalue weighted by molar-refractivity contribution is -0.0842. The molecule has 2 fully saturated rings. The zero-order valence-corrected chi connectivity index (χ0v) is 17.9. The molecule has 30 heavy (non-hydrogen) atoms. The number of ether oxygens (including phenoxy) is 1. The third kappa shape index (κ3) is 3.71. The molecule has 0 bridgehead atoms. The summed E-state index contributed by atoms with van der Waals surface area (Å²) in [7, 11) is -3.65. The van der Waals surface area contributed by atoms with Crippen LogP contribution in [0.15, 0.2) is 65.6 Å². The second kappa shape index (κ2) is 8.37. The first kappa shape index (κ1) is 20.8. The Morgan fingerprint density at radius 1 is 1.00 bits per heavy atom. The maximum absolute atomic E-state index is 13.2. The Balaban J connectivity index is 1.50. The first-order valence-electron chi connectivity index (χ1n) is 10.3. The number of nitrogens with zero attached hydrogens (tertiary/aromatic N) is 3. The monoisotopic (exact) mass is 429 g/mol. The van der Waals surface area contributed by atoms with Crippen LogP contribution < -0.4 is 4.90 Å². The largest absolute Gasteiger partial charge is 0.358 e. The van der Waals surface area contributed by atoms with Crippen LogP contribution in [-0.2, 0) is 14.8 Å². The predicted molar refractivity (Wildman–Crippen MR) is 115 cm³/mol. The van der Waals surface area contributed by atoms with Crippen LogP contribution in [0.5, 0.6) is 0 Å². The van der Waals surface area contributed by atoms with Crippen molar-refractivity contribution in [3.63, 3.8) is 0 Å². The van der Waals surface area contributed by atoms with Crippen LogP contribution >= 0.6 is 0 Å². The van der Waals surface area contributed by atoms with Gasteiger partial charge in [-0.25, -0.2) is 13.2 Å². The molecule has 0 aromatic heterocycles. The lowest BCUT2D eigenvalue weighted by Gasteiger charge is -2.43. The zero-order valence-electron chi connectivity index (χ0n) is 17.1. The summed E-state index contributed by atoms with van der Waals surface area (Å²) in [5.74, 6) is 0. The molecule has 0 N–H and O–H groups in total. The fourth-order valence-electron chi connectivity index (χ4n) is 4.30. The summed E-state index contributed by atoms with van der Waals surface area (Å²) in [5, 5.41) is 0. The van der Waals surface area contributed by atoms with Gasteiger partial charge in [-0.05, 0) is 31.2 Å². The predicted octanol–water partition coefficient (Wildman–Crippen LogP) is 3.15. The lowest BCUT2D eigenvalue weighted by atomic mass is 10.0. The quantitative estimate of drug-likeness (QED) is 0.749. The Hall–Kier alpha value is -2.42. The van der Waals surface area contributed by atoms with Gasteiger partial charge < -0.3 is 9.64 Å². The summed E-state index contributed by atoms with van der Waals surface area (Å²) < 4.78 is 33.9. The molecule has 160 valence electrons. The molecule has 1 spiro atoms. The third-order valence-corrected chi connectivity index (χ3v) is 7.84. The molecular formula is C22H27N3O4S. The van der Waals surface area contributed by atoms with E-state index >= 15 is 0 Å². The maximum Gasteiger partial charge on any atom is 0.324 e. The Morgan fingerprint density at radius 3 is 2.20 bits per heavy atom. The molecule has 2 heterocycles. The number of likely N-dealkylation sites (tertiary alicyclic amines) is 1. The maximum atomic E-state index is 13.2. The van der Waals surface area contributed by atoms with Crippen LogP contribution in [0.25, 0.3) is 0 Å². The number of hydrogen-bond acceptors (Lipinski definition) is 4. The van der Waals surface area contributed by atoms with Gasteiger partial charge in [0.2, 0.25) is 10.0 Å². The number of carbonyl (C=O) groups excluding carboxylic acids is 1. The van der Waals surface area contributed by atoms with Crippen LogP contribution in [0, 0.1) is 0 Å². The van der Waals surface area contributed by atoms with Gasteiger partial charge in [-0.3, -0.25) is 4.90 Å². The molecule has 8 heteroatoms. The van der Waals surface area contributed by atoms with E-state index in [1.807, 2.05) is 37.3 Å². The SMILES string of the molecule is CCN(C(=O)N1CCC2(CC1)OCCN2S(=O)(=O)c1ccccc1)c1ccccc1. The van der Waals surface area contributed by atoms with Gasteiger partial charge >= 0.3 is 6.03 Å². The molecule has 7 nitrogen and oxygen atoms in total. The summed E-state index contributed by atoms with van der Waals surface area (Å²) >= 11 is 0.